The topological polar surface area (TPSA) is 105 Å². The quantitative estimate of drug-likeness (QED) is 0.315. The van der Waals surface area contributed by atoms with Gasteiger partial charge >= 0.3 is 29.6 Å². The summed E-state index contributed by atoms with van der Waals surface area (Å²) >= 11 is 0. The maximum Gasteiger partial charge on any atom is 1.00 e. The summed E-state index contributed by atoms with van der Waals surface area (Å²) in [6.07, 6.45) is 2.40. The van der Waals surface area contributed by atoms with Crippen molar-refractivity contribution in [2.24, 2.45) is 5.92 Å². The number of amides is 2. The molecule has 0 saturated carbocycles. The van der Waals surface area contributed by atoms with Gasteiger partial charge in [0.05, 0.1) is 5.97 Å². The van der Waals surface area contributed by atoms with Crippen LogP contribution in [0.2, 0.25) is 0 Å². The van der Waals surface area contributed by atoms with Gasteiger partial charge in [0.15, 0.2) is 6.10 Å². The van der Waals surface area contributed by atoms with Crippen LogP contribution in [-0.2, 0) is 19.1 Å². The zero-order valence-corrected chi connectivity index (χ0v) is 21.0. The summed E-state index contributed by atoms with van der Waals surface area (Å²) in [5.74, 6) is -1.93. The summed E-state index contributed by atoms with van der Waals surface area (Å²) in [5.41, 5.74) is 1.16. The summed E-state index contributed by atoms with van der Waals surface area (Å²) in [7, 11) is 0. The molecule has 0 bridgehead atoms. The minimum Gasteiger partial charge on any atom is -0.547 e. The molecule has 9 heteroatoms. The largest absolute Gasteiger partial charge is 1.00 e. The van der Waals surface area contributed by atoms with Crippen LogP contribution >= 0.6 is 0 Å². The molecular weight excluding hydrogens is 421 g/mol. The fourth-order valence-corrected chi connectivity index (χ4v) is 3.71. The standard InChI is InChI=1S/C23H31N3O5.Na/c1-16(2)15-18(24-21(27)19-20(31-19)23(29)30)22(28)26-13-11-25(12-14-26)10-6-9-17-7-4-3-5-8-17;/h3-9,16,18-20H,10-15H2,1-2H3,(H,24,27)(H,29,30);/q;+1/p-1/b9-6+;. The van der Waals surface area contributed by atoms with Gasteiger partial charge in [0, 0.05) is 32.7 Å². The van der Waals surface area contributed by atoms with Gasteiger partial charge in [-0.1, -0.05) is 56.3 Å². The van der Waals surface area contributed by atoms with Gasteiger partial charge in [-0.2, -0.15) is 0 Å². The number of epoxide rings is 1. The fourth-order valence-electron chi connectivity index (χ4n) is 3.71. The molecule has 1 N–H and O–H groups in total. The van der Waals surface area contributed by atoms with Crippen molar-refractivity contribution in [3.05, 3.63) is 42.0 Å². The van der Waals surface area contributed by atoms with Gasteiger partial charge in [-0.25, -0.2) is 0 Å². The monoisotopic (exact) mass is 451 g/mol. The van der Waals surface area contributed by atoms with Crippen molar-refractivity contribution in [3.63, 3.8) is 0 Å². The van der Waals surface area contributed by atoms with Gasteiger partial charge in [-0.3, -0.25) is 14.5 Å². The third-order valence-corrected chi connectivity index (χ3v) is 5.46. The zero-order chi connectivity index (χ0) is 22.4. The third kappa shape index (κ3) is 7.71. The Morgan fingerprint density at radius 3 is 2.34 bits per heavy atom. The van der Waals surface area contributed by atoms with Gasteiger partial charge in [0.1, 0.15) is 12.1 Å². The van der Waals surface area contributed by atoms with Crippen molar-refractivity contribution in [3.8, 4) is 0 Å². The maximum atomic E-state index is 13.0. The van der Waals surface area contributed by atoms with Crippen LogP contribution in [0.5, 0.6) is 0 Å². The first-order valence-electron chi connectivity index (χ1n) is 10.7. The number of benzene rings is 1. The van der Waals surface area contributed by atoms with Crippen molar-refractivity contribution in [1.29, 1.82) is 0 Å². The molecule has 3 unspecified atom stereocenters. The second-order valence-electron chi connectivity index (χ2n) is 8.43. The predicted octanol–water partition coefficient (Wildman–Crippen LogP) is -3.10. The first kappa shape index (κ1) is 26.5. The second-order valence-corrected chi connectivity index (χ2v) is 8.43. The molecule has 2 saturated heterocycles. The van der Waals surface area contributed by atoms with Gasteiger partial charge in [0.25, 0.3) is 5.91 Å². The Morgan fingerprint density at radius 2 is 1.78 bits per heavy atom. The summed E-state index contributed by atoms with van der Waals surface area (Å²) in [6.45, 7) is 7.44. The van der Waals surface area contributed by atoms with E-state index in [1.54, 1.807) is 4.90 Å². The van der Waals surface area contributed by atoms with E-state index in [0.717, 1.165) is 25.2 Å². The summed E-state index contributed by atoms with van der Waals surface area (Å²) in [6, 6.07) is 9.41. The molecule has 2 heterocycles. The van der Waals surface area contributed by atoms with Crippen LogP contribution in [0.25, 0.3) is 6.08 Å². The van der Waals surface area contributed by atoms with Crippen LogP contribution in [0.3, 0.4) is 0 Å². The number of nitrogens with zero attached hydrogens (tertiary/aromatic N) is 2. The van der Waals surface area contributed by atoms with E-state index in [0.29, 0.717) is 19.5 Å². The Hall–Kier alpha value is -1.71. The average Bonchev–Trinajstić information content (AvgIpc) is 3.55. The molecule has 0 aromatic heterocycles. The normalized spacial score (nSPS) is 21.8. The molecule has 0 aliphatic carbocycles. The Morgan fingerprint density at radius 1 is 1.12 bits per heavy atom. The molecular formula is C23H30N3NaO5. The average molecular weight is 451 g/mol. The predicted molar refractivity (Wildman–Crippen MR) is 114 cm³/mol. The van der Waals surface area contributed by atoms with E-state index in [4.69, 9.17) is 4.74 Å². The minimum atomic E-state index is -1.41. The van der Waals surface area contributed by atoms with E-state index in [2.05, 4.69) is 34.5 Å². The van der Waals surface area contributed by atoms with E-state index >= 15 is 0 Å². The Balaban J connectivity index is 0.00000363. The number of hydrogen-bond acceptors (Lipinski definition) is 6. The minimum absolute atomic E-state index is 0. The smallest absolute Gasteiger partial charge is 0.547 e. The number of rotatable bonds is 9. The summed E-state index contributed by atoms with van der Waals surface area (Å²) < 4.78 is 4.84. The molecule has 2 fully saturated rings. The molecule has 2 aliphatic rings. The number of nitrogens with one attached hydrogen (secondary N) is 1. The molecule has 0 radical (unpaired) electrons. The number of carboxylic acid groups (broad SMARTS) is 1. The molecule has 0 spiro atoms. The number of carboxylic acids is 1. The van der Waals surface area contributed by atoms with E-state index in [9.17, 15) is 19.5 Å². The third-order valence-electron chi connectivity index (χ3n) is 5.46. The van der Waals surface area contributed by atoms with Crippen molar-refractivity contribution in [2.75, 3.05) is 32.7 Å². The maximum absolute atomic E-state index is 13.0. The van der Waals surface area contributed by atoms with Crippen LogP contribution in [0.4, 0.5) is 0 Å². The van der Waals surface area contributed by atoms with Crippen LogP contribution in [-0.4, -0.2) is 78.6 Å². The number of ether oxygens (including phenoxy) is 1. The first-order valence-corrected chi connectivity index (χ1v) is 10.7. The molecule has 168 valence electrons. The van der Waals surface area contributed by atoms with E-state index < -0.39 is 30.1 Å². The number of hydrogen-bond donors (Lipinski definition) is 1. The summed E-state index contributed by atoms with van der Waals surface area (Å²) in [4.78, 5) is 40.2. The van der Waals surface area contributed by atoms with Gasteiger partial charge in [-0.15, -0.1) is 0 Å². The Bertz CT molecular complexity index is 809. The van der Waals surface area contributed by atoms with Crippen LogP contribution in [0, 0.1) is 5.92 Å². The number of carbonyl (C=O) groups is 3. The fraction of sp³-hybridized carbons (Fsp3) is 0.522. The van der Waals surface area contributed by atoms with E-state index in [-0.39, 0.29) is 41.4 Å². The Kier molecular flexibility index (Phi) is 10.4. The van der Waals surface area contributed by atoms with Gasteiger partial charge in [0.2, 0.25) is 5.91 Å². The molecule has 2 aliphatic heterocycles. The molecule has 2 amide bonds. The van der Waals surface area contributed by atoms with E-state index in [1.165, 1.54) is 0 Å². The molecule has 1 aromatic rings. The number of carbonyl (C=O) groups excluding carboxylic acids is 3. The number of piperazine rings is 1. The molecule has 8 nitrogen and oxygen atoms in total. The van der Waals surface area contributed by atoms with Crippen LogP contribution in [0.15, 0.2) is 36.4 Å². The van der Waals surface area contributed by atoms with Crippen LogP contribution < -0.4 is 40.0 Å². The van der Waals surface area contributed by atoms with Gasteiger partial charge in [-0.05, 0) is 17.9 Å². The molecule has 3 atom stereocenters. The second kappa shape index (κ2) is 12.5. The van der Waals surface area contributed by atoms with Crippen molar-refractivity contribution in [2.45, 2.75) is 38.5 Å². The molecule has 1 aromatic carbocycles. The Labute approximate surface area is 211 Å². The zero-order valence-electron chi connectivity index (χ0n) is 19.0. The van der Waals surface area contributed by atoms with Crippen molar-refractivity contribution >= 4 is 23.9 Å². The first-order chi connectivity index (χ1) is 14.8. The van der Waals surface area contributed by atoms with Crippen LogP contribution in [0.1, 0.15) is 25.8 Å². The van der Waals surface area contributed by atoms with E-state index in [1.807, 2.05) is 32.0 Å². The van der Waals surface area contributed by atoms with Crippen molar-refractivity contribution < 1.29 is 53.8 Å². The van der Waals surface area contributed by atoms with Crippen molar-refractivity contribution in [1.82, 2.24) is 15.1 Å². The molecule has 3 rings (SSSR count). The SMILES string of the molecule is CC(C)CC(NC(=O)C1OC1C(=O)[O-])C(=O)N1CCN(C/C=C/c2ccccc2)CC1.[Na+]. The summed E-state index contributed by atoms with van der Waals surface area (Å²) in [5, 5.41) is 13.5. The molecule has 32 heavy (non-hydrogen) atoms. The van der Waals surface area contributed by atoms with Gasteiger partial charge < -0.3 is 24.9 Å². The number of aliphatic carboxylic acids is 1.